The van der Waals surface area contributed by atoms with Crippen LogP contribution in [0.4, 0.5) is 5.13 Å². The standard InChI is InChI=1S/C14H15ClN4O2S/c1-2-8-21-9-4-6-11(20)17-14-18-13(19-22-14)10-5-3-7-16-12(10)15/h2-3,5,7H,1,4,6,8-9H2,(H,17,18,19,20). The van der Waals surface area contributed by atoms with Gasteiger partial charge in [-0.15, -0.1) is 6.58 Å². The number of nitrogens with one attached hydrogen (secondary N) is 1. The van der Waals surface area contributed by atoms with Crippen LogP contribution in [0, 0.1) is 0 Å². The van der Waals surface area contributed by atoms with Gasteiger partial charge in [0.2, 0.25) is 11.0 Å². The zero-order valence-corrected chi connectivity index (χ0v) is 13.4. The minimum Gasteiger partial charge on any atom is -0.377 e. The Bertz CT molecular complexity index is 647. The van der Waals surface area contributed by atoms with Gasteiger partial charge in [0.15, 0.2) is 5.82 Å². The molecule has 116 valence electrons. The lowest BCUT2D eigenvalue weighted by Crippen LogP contribution is -2.12. The van der Waals surface area contributed by atoms with E-state index in [4.69, 9.17) is 16.3 Å². The molecule has 0 saturated heterocycles. The maximum absolute atomic E-state index is 11.8. The Morgan fingerprint density at radius 1 is 1.55 bits per heavy atom. The van der Waals surface area contributed by atoms with Crippen LogP contribution in [0.3, 0.4) is 0 Å². The van der Waals surface area contributed by atoms with Crippen LogP contribution in [-0.4, -0.2) is 33.5 Å². The predicted octanol–water partition coefficient (Wildman–Crippen LogP) is 3.17. The molecule has 0 saturated carbocycles. The van der Waals surface area contributed by atoms with E-state index in [1.807, 2.05) is 0 Å². The summed E-state index contributed by atoms with van der Waals surface area (Å²) in [5, 5.41) is 3.48. The zero-order valence-electron chi connectivity index (χ0n) is 11.8. The molecule has 2 aromatic rings. The number of aromatic nitrogens is 3. The first kappa shape index (κ1) is 16.5. The van der Waals surface area contributed by atoms with Crippen molar-refractivity contribution in [3.05, 3.63) is 36.1 Å². The van der Waals surface area contributed by atoms with Gasteiger partial charge >= 0.3 is 0 Å². The van der Waals surface area contributed by atoms with Crippen molar-refractivity contribution >= 4 is 34.2 Å². The number of anilines is 1. The van der Waals surface area contributed by atoms with Gasteiger partial charge in [0.05, 0.1) is 12.2 Å². The second-order valence-electron chi connectivity index (χ2n) is 4.28. The first-order valence-electron chi connectivity index (χ1n) is 6.64. The van der Waals surface area contributed by atoms with Crippen molar-refractivity contribution in [1.29, 1.82) is 0 Å². The van der Waals surface area contributed by atoms with Crippen molar-refractivity contribution in [3.63, 3.8) is 0 Å². The fourth-order valence-corrected chi connectivity index (χ4v) is 2.42. The van der Waals surface area contributed by atoms with E-state index in [0.29, 0.717) is 47.7 Å². The quantitative estimate of drug-likeness (QED) is 0.454. The first-order chi connectivity index (χ1) is 10.7. The van der Waals surface area contributed by atoms with Crippen LogP contribution in [0.2, 0.25) is 5.15 Å². The van der Waals surface area contributed by atoms with Gasteiger partial charge < -0.3 is 10.1 Å². The Hall–Kier alpha value is -1.83. The lowest BCUT2D eigenvalue weighted by atomic mass is 10.3. The van der Waals surface area contributed by atoms with E-state index in [-0.39, 0.29) is 5.91 Å². The molecule has 0 bridgehead atoms. The van der Waals surface area contributed by atoms with Crippen molar-refractivity contribution in [1.82, 2.24) is 14.3 Å². The summed E-state index contributed by atoms with van der Waals surface area (Å²) in [4.78, 5) is 20.0. The smallest absolute Gasteiger partial charge is 0.226 e. The third kappa shape index (κ3) is 4.87. The number of amides is 1. The Balaban J connectivity index is 1.86. The number of pyridine rings is 1. The van der Waals surface area contributed by atoms with Crippen molar-refractivity contribution < 1.29 is 9.53 Å². The van der Waals surface area contributed by atoms with Gasteiger partial charge in [0.25, 0.3) is 0 Å². The molecule has 0 spiro atoms. The summed E-state index contributed by atoms with van der Waals surface area (Å²) in [5.74, 6) is 0.329. The third-order valence-electron chi connectivity index (χ3n) is 2.60. The summed E-state index contributed by atoms with van der Waals surface area (Å²) in [5.41, 5.74) is 0.638. The summed E-state index contributed by atoms with van der Waals surface area (Å²) in [6.07, 6.45) is 4.27. The van der Waals surface area contributed by atoms with Crippen LogP contribution in [0.25, 0.3) is 11.4 Å². The number of hydrogen-bond acceptors (Lipinski definition) is 6. The number of ether oxygens (including phenoxy) is 1. The maximum Gasteiger partial charge on any atom is 0.226 e. The molecule has 0 radical (unpaired) electrons. The highest BCUT2D eigenvalue weighted by atomic mass is 35.5. The van der Waals surface area contributed by atoms with Gasteiger partial charge in [-0.1, -0.05) is 17.7 Å². The number of carbonyl (C=O) groups excluding carboxylic acids is 1. The number of rotatable bonds is 8. The Labute approximate surface area is 137 Å². The molecule has 0 aliphatic carbocycles. The van der Waals surface area contributed by atoms with Crippen LogP contribution < -0.4 is 5.32 Å². The van der Waals surface area contributed by atoms with Gasteiger partial charge in [-0.2, -0.15) is 9.36 Å². The van der Waals surface area contributed by atoms with E-state index < -0.39 is 0 Å². The SMILES string of the molecule is C=CCOCCCC(=O)Nc1nc(-c2cccnc2Cl)ns1. The molecule has 2 rings (SSSR count). The molecule has 0 aromatic carbocycles. The molecular weight excluding hydrogens is 324 g/mol. The Morgan fingerprint density at radius 2 is 2.41 bits per heavy atom. The van der Waals surface area contributed by atoms with E-state index in [1.165, 1.54) is 0 Å². The van der Waals surface area contributed by atoms with Crippen LogP contribution in [0.5, 0.6) is 0 Å². The highest BCUT2D eigenvalue weighted by Gasteiger charge is 2.12. The Morgan fingerprint density at radius 3 is 3.18 bits per heavy atom. The van der Waals surface area contributed by atoms with E-state index in [1.54, 1.807) is 24.4 Å². The first-order valence-corrected chi connectivity index (χ1v) is 7.79. The van der Waals surface area contributed by atoms with E-state index >= 15 is 0 Å². The minimum atomic E-state index is -0.123. The minimum absolute atomic E-state index is 0.123. The van der Waals surface area contributed by atoms with Crippen molar-refractivity contribution in [2.24, 2.45) is 0 Å². The monoisotopic (exact) mass is 338 g/mol. The van der Waals surface area contributed by atoms with Crippen LogP contribution in [0.15, 0.2) is 31.0 Å². The zero-order chi connectivity index (χ0) is 15.8. The molecule has 8 heteroatoms. The highest BCUT2D eigenvalue weighted by molar-refractivity contribution is 7.10. The van der Waals surface area contributed by atoms with E-state index in [9.17, 15) is 4.79 Å². The van der Waals surface area contributed by atoms with Gasteiger partial charge in [-0.25, -0.2) is 4.98 Å². The molecule has 6 nitrogen and oxygen atoms in total. The van der Waals surface area contributed by atoms with Crippen molar-refractivity contribution in [2.75, 3.05) is 18.5 Å². The molecule has 2 heterocycles. The van der Waals surface area contributed by atoms with Crippen LogP contribution >= 0.6 is 23.1 Å². The molecule has 1 amide bonds. The predicted molar refractivity (Wildman–Crippen MR) is 87.0 cm³/mol. The topological polar surface area (TPSA) is 77.0 Å². The summed E-state index contributed by atoms with van der Waals surface area (Å²) in [6, 6.07) is 3.53. The van der Waals surface area contributed by atoms with Gasteiger partial charge in [0.1, 0.15) is 5.15 Å². The molecular formula is C14H15ClN4O2S. The average Bonchev–Trinajstić information content (AvgIpc) is 2.95. The number of halogens is 1. The van der Waals surface area contributed by atoms with Gasteiger partial charge in [0, 0.05) is 30.8 Å². The Kier molecular flexibility index (Phi) is 6.45. The molecule has 0 unspecified atom stereocenters. The molecule has 2 aromatic heterocycles. The normalized spacial score (nSPS) is 10.4. The highest BCUT2D eigenvalue weighted by Crippen LogP contribution is 2.25. The summed E-state index contributed by atoms with van der Waals surface area (Å²) in [6.45, 7) is 4.56. The number of carbonyl (C=O) groups is 1. The summed E-state index contributed by atoms with van der Waals surface area (Å²) in [7, 11) is 0. The maximum atomic E-state index is 11.8. The van der Waals surface area contributed by atoms with Gasteiger partial charge in [-0.05, 0) is 18.6 Å². The average molecular weight is 339 g/mol. The molecule has 0 fully saturated rings. The van der Waals surface area contributed by atoms with E-state index in [2.05, 4.69) is 26.2 Å². The second kappa shape index (κ2) is 8.57. The van der Waals surface area contributed by atoms with Crippen LogP contribution in [0.1, 0.15) is 12.8 Å². The number of nitrogens with zero attached hydrogens (tertiary/aromatic N) is 3. The fraction of sp³-hybridized carbons (Fsp3) is 0.286. The fourth-order valence-electron chi connectivity index (χ4n) is 1.62. The second-order valence-corrected chi connectivity index (χ2v) is 5.39. The number of hydrogen-bond donors (Lipinski definition) is 1. The molecule has 0 aliphatic heterocycles. The summed E-state index contributed by atoms with van der Waals surface area (Å²) < 4.78 is 9.39. The van der Waals surface area contributed by atoms with Crippen molar-refractivity contribution in [3.8, 4) is 11.4 Å². The summed E-state index contributed by atoms with van der Waals surface area (Å²) >= 11 is 7.09. The molecule has 0 atom stereocenters. The third-order valence-corrected chi connectivity index (χ3v) is 3.53. The molecule has 1 N–H and O–H groups in total. The van der Waals surface area contributed by atoms with Gasteiger partial charge in [-0.3, -0.25) is 4.79 Å². The lowest BCUT2D eigenvalue weighted by molar-refractivity contribution is -0.116. The van der Waals surface area contributed by atoms with Crippen molar-refractivity contribution in [2.45, 2.75) is 12.8 Å². The largest absolute Gasteiger partial charge is 0.377 e. The molecule has 22 heavy (non-hydrogen) atoms. The molecule has 0 aliphatic rings. The lowest BCUT2D eigenvalue weighted by Gasteiger charge is -2.01. The van der Waals surface area contributed by atoms with E-state index in [0.717, 1.165) is 11.5 Å². The van der Waals surface area contributed by atoms with Crippen LogP contribution in [-0.2, 0) is 9.53 Å².